The topological polar surface area (TPSA) is 197 Å². The fourth-order valence-electron chi connectivity index (χ4n) is 7.82. The van der Waals surface area contributed by atoms with Crippen molar-refractivity contribution in [3.63, 3.8) is 0 Å². The summed E-state index contributed by atoms with van der Waals surface area (Å²) in [4.78, 5) is 71.8. The van der Waals surface area contributed by atoms with Crippen LogP contribution in [0.25, 0.3) is 0 Å². The van der Waals surface area contributed by atoms with Crippen LogP contribution >= 0.6 is 0 Å². The highest BCUT2D eigenvalue weighted by Gasteiger charge is 2.77. The zero-order valence-corrected chi connectivity index (χ0v) is 23.3. The fourth-order valence-corrected chi connectivity index (χ4v) is 7.82. The van der Waals surface area contributed by atoms with E-state index in [0.29, 0.717) is 5.57 Å². The van der Waals surface area contributed by atoms with Crippen molar-refractivity contribution in [2.45, 2.75) is 20.8 Å². The van der Waals surface area contributed by atoms with Gasteiger partial charge in [-0.3, -0.25) is 29.0 Å². The Morgan fingerprint density at radius 3 is 1.53 bits per heavy atom. The first-order valence-corrected chi connectivity index (χ1v) is 13.7. The summed E-state index contributed by atoms with van der Waals surface area (Å²) in [5.74, 6) is -8.76. The summed E-state index contributed by atoms with van der Waals surface area (Å²) < 4.78 is 5.36. The molecule has 2 aromatic rings. The molecule has 8 atom stereocenters. The molecule has 43 heavy (non-hydrogen) atoms. The zero-order valence-electron chi connectivity index (χ0n) is 23.3. The molecule has 14 heteroatoms. The van der Waals surface area contributed by atoms with Gasteiger partial charge in [-0.1, -0.05) is 12.5 Å². The van der Waals surface area contributed by atoms with Crippen molar-refractivity contribution in [3.05, 3.63) is 70.1 Å². The van der Waals surface area contributed by atoms with Crippen LogP contribution in [-0.4, -0.2) is 46.6 Å². The first-order chi connectivity index (χ1) is 20.4. The van der Waals surface area contributed by atoms with Crippen LogP contribution in [0.2, 0.25) is 0 Å². The Morgan fingerprint density at radius 2 is 1.19 bits per heavy atom. The van der Waals surface area contributed by atoms with Crippen LogP contribution in [0, 0.1) is 45.4 Å². The average molecular weight is 593 g/mol. The third kappa shape index (κ3) is 3.78. The van der Waals surface area contributed by atoms with Crippen LogP contribution in [0.3, 0.4) is 0 Å². The normalized spacial score (nSPS) is 31.0. The molecule has 0 spiro atoms. The second-order valence-corrected chi connectivity index (χ2v) is 11.3. The third-order valence-corrected chi connectivity index (χ3v) is 9.43. The van der Waals surface area contributed by atoms with E-state index in [0.717, 1.165) is 9.80 Å². The monoisotopic (exact) mass is 592 g/mol. The first-order valence-electron chi connectivity index (χ1n) is 13.7. The molecule has 3 aliphatic carbocycles. The number of hydrogen-bond acceptors (Lipinski definition) is 10. The van der Waals surface area contributed by atoms with Crippen molar-refractivity contribution in [2.75, 3.05) is 16.4 Å². The van der Waals surface area contributed by atoms with Gasteiger partial charge in [-0.05, 0) is 38.1 Å². The summed E-state index contributed by atoms with van der Waals surface area (Å²) in [6.07, 6.45) is 0. The van der Waals surface area contributed by atoms with Crippen molar-refractivity contribution < 1.29 is 49.6 Å². The summed E-state index contributed by atoms with van der Waals surface area (Å²) in [5, 5.41) is 38.9. The molecular weight excluding hydrogens is 564 g/mol. The summed E-state index contributed by atoms with van der Waals surface area (Å²) in [6, 6.07) is 10.4. The van der Waals surface area contributed by atoms with Gasteiger partial charge in [0.2, 0.25) is 23.6 Å². The van der Waals surface area contributed by atoms with Gasteiger partial charge in [0.15, 0.2) is 11.4 Å². The molecule has 7 rings (SSSR count). The number of quaternary nitrogens is 2. The summed E-state index contributed by atoms with van der Waals surface area (Å²) in [6.45, 7) is 4.80. The Balaban J connectivity index is 1.49. The Hall–Kier alpha value is -4.31. The molecule has 4 unspecified atom stereocenters. The highest BCUT2D eigenvalue weighted by molar-refractivity contribution is 6.27. The summed E-state index contributed by atoms with van der Waals surface area (Å²) in [5.41, 5.74) is -0.933. The largest absolute Gasteiger partial charge is 0.595 e. The number of anilines is 2. The Labute approximate surface area is 244 Å². The number of rotatable bonds is 6. The number of carbonyl (C=O) groups excluding carboxylic acids is 5. The molecule has 2 bridgehead atoms. The maximum Gasteiger partial charge on any atom is 0.334 e. The molecule has 4 N–H and O–H groups in total. The van der Waals surface area contributed by atoms with E-state index in [-0.39, 0.29) is 34.9 Å². The Bertz CT molecular complexity index is 1500. The highest BCUT2D eigenvalue weighted by Crippen LogP contribution is 2.68. The second kappa shape index (κ2) is 9.87. The molecule has 4 amide bonds. The molecule has 1 saturated carbocycles. The van der Waals surface area contributed by atoms with Crippen LogP contribution in [0.1, 0.15) is 20.8 Å². The van der Waals surface area contributed by atoms with Gasteiger partial charge in [0, 0.05) is 41.2 Å². The van der Waals surface area contributed by atoms with Gasteiger partial charge in [0.05, 0.1) is 41.7 Å². The van der Waals surface area contributed by atoms with Crippen molar-refractivity contribution >= 4 is 52.3 Å². The lowest BCUT2D eigenvalue weighted by atomic mass is 9.43. The lowest BCUT2D eigenvalue weighted by molar-refractivity contribution is -0.991. The van der Waals surface area contributed by atoms with E-state index in [2.05, 4.69) is 0 Å². The number of imide groups is 2. The number of ether oxygens (including phenoxy) is 1. The number of allylic oxidation sites excluding steroid dienone is 1. The summed E-state index contributed by atoms with van der Waals surface area (Å²) >= 11 is 0. The minimum Gasteiger partial charge on any atom is -0.595 e. The quantitative estimate of drug-likeness (QED) is 0.200. The number of nitrogens with zero attached hydrogens (tertiary/aromatic N) is 2. The molecule has 2 aliphatic heterocycles. The van der Waals surface area contributed by atoms with Crippen LogP contribution < -0.4 is 20.3 Å². The van der Waals surface area contributed by atoms with Gasteiger partial charge in [-0.2, -0.15) is 10.5 Å². The maximum absolute atomic E-state index is 14.2. The number of amides is 4. The predicted octanol–water partition coefficient (Wildman–Crippen LogP) is -0.0659. The Kier molecular flexibility index (Phi) is 6.61. The van der Waals surface area contributed by atoms with Gasteiger partial charge in [-0.15, -0.1) is 0 Å². The molecule has 3 fully saturated rings. The van der Waals surface area contributed by atoms with Crippen LogP contribution in [-0.2, 0) is 28.7 Å². The van der Waals surface area contributed by atoms with E-state index in [4.69, 9.17) is 4.74 Å². The predicted molar refractivity (Wildman–Crippen MR) is 144 cm³/mol. The van der Waals surface area contributed by atoms with Gasteiger partial charge in [0.1, 0.15) is 0 Å². The number of carbonyl (C=O) groups is 5. The highest BCUT2D eigenvalue weighted by atomic mass is 16.8. The Morgan fingerprint density at radius 1 is 0.791 bits per heavy atom. The number of benzene rings is 2. The minimum atomic E-state index is -1.61. The molecule has 14 nitrogen and oxygen atoms in total. The second-order valence-electron chi connectivity index (χ2n) is 11.3. The van der Waals surface area contributed by atoms with Gasteiger partial charge in [-0.25, -0.2) is 15.2 Å². The zero-order chi connectivity index (χ0) is 31.1. The van der Waals surface area contributed by atoms with Crippen molar-refractivity contribution in [1.82, 2.24) is 0 Å². The van der Waals surface area contributed by atoms with Gasteiger partial charge < -0.3 is 15.2 Å². The van der Waals surface area contributed by atoms with Crippen molar-refractivity contribution in [1.29, 1.82) is 0 Å². The van der Waals surface area contributed by atoms with Gasteiger partial charge >= 0.3 is 5.97 Å². The standard InChI is InChI=1S/C29H28N4O10/c1-4-43-28(38)21-13(2)18-19-22(26(36)30(24(19)34)14-5-9-16(10-6-14)32(39)40)29(21,3)23-20(18)25(35)31(27(23)37)15-7-11-17(12-8-15)33(41)42/h5-12,18-20,22-23,32-33,39,41H,4H2,1-3H3/t18?,19-,20+,22+,23-,29?. The van der Waals surface area contributed by atoms with Crippen LogP contribution in [0.5, 0.6) is 0 Å². The smallest absolute Gasteiger partial charge is 0.334 e. The number of esters is 1. The lowest BCUT2D eigenvalue weighted by Gasteiger charge is -2.55. The number of hydrogen-bond donors (Lipinski definition) is 4. The molecule has 0 aromatic heterocycles. The van der Waals surface area contributed by atoms with Gasteiger partial charge in [0.25, 0.3) is 0 Å². The first kappa shape index (κ1) is 28.8. The minimum absolute atomic E-state index is 0.0163. The maximum atomic E-state index is 14.2. The third-order valence-electron chi connectivity index (χ3n) is 9.43. The molecule has 2 saturated heterocycles. The van der Waals surface area contributed by atoms with E-state index in [1.165, 1.54) is 48.5 Å². The van der Waals surface area contributed by atoms with E-state index < -0.39 is 75.1 Å². The van der Waals surface area contributed by atoms with Crippen LogP contribution in [0.4, 0.5) is 22.7 Å². The van der Waals surface area contributed by atoms with E-state index >= 15 is 0 Å². The fraction of sp³-hybridized carbons (Fsp3) is 0.345. The van der Waals surface area contributed by atoms with Crippen molar-refractivity contribution in [3.8, 4) is 0 Å². The lowest BCUT2D eigenvalue weighted by Crippen LogP contribution is -2.99. The number of nitrogens with one attached hydrogen (secondary N) is 2. The SMILES string of the molecule is CCOC(=O)C1=C(C)C2[C@H]3C(=O)N(c4ccc([NH+]([O-])O)cc4)C(=O)[C@H]3C1(C)[C@H]1C(=O)N(c3ccc([NH+]([O-])O)cc3)C(=O)[C@@H]21. The van der Waals surface area contributed by atoms with Crippen molar-refractivity contribution in [2.24, 2.45) is 35.0 Å². The van der Waals surface area contributed by atoms with Crippen LogP contribution in [0.15, 0.2) is 59.7 Å². The molecular formula is C29H28N4O10. The van der Waals surface area contributed by atoms with E-state index in [9.17, 15) is 44.8 Å². The molecule has 2 aromatic carbocycles. The molecule has 5 aliphatic rings. The molecule has 0 radical (unpaired) electrons. The molecule has 224 valence electrons. The molecule has 2 heterocycles. The summed E-state index contributed by atoms with van der Waals surface area (Å²) in [7, 11) is 0. The van der Waals surface area contributed by atoms with E-state index in [1.807, 2.05) is 0 Å². The van der Waals surface area contributed by atoms with E-state index in [1.54, 1.807) is 20.8 Å². The average Bonchev–Trinajstić information content (AvgIpc) is 3.39.